The van der Waals surface area contributed by atoms with Crippen LogP contribution in [0.25, 0.3) is 0 Å². The number of rotatable bonds is 5. The normalized spacial score (nSPS) is 19.7. The average molecular weight is 487 g/mol. The highest BCUT2D eigenvalue weighted by Gasteiger charge is 2.41. The lowest BCUT2D eigenvalue weighted by Gasteiger charge is -2.22. The fraction of sp³-hybridized carbons (Fsp3) is 0.300. The Balaban J connectivity index is 1.67. The second-order valence-corrected chi connectivity index (χ2v) is 9.54. The molecule has 1 N–H and O–H groups in total. The Bertz CT molecular complexity index is 1260. The SMILES string of the molecule is Cn1cc(S(=O)(=O)N2C[C@H](Nc3ccc(F)c(C(F)(F)F)c3)[C@@H](c3ccc(F)cc3)C2)nn1. The fourth-order valence-corrected chi connectivity index (χ4v) is 5.18. The van der Waals surface area contributed by atoms with Crippen molar-refractivity contribution >= 4 is 15.7 Å². The first-order chi connectivity index (χ1) is 15.4. The molecule has 33 heavy (non-hydrogen) atoms. The van der Waals surface area contributed by atoms with E-state index in [1.165, 1.54) is 42.2 Å². The van der Waals surface area contributed by atoms with Gasteiger partial charge < -0.3 is 5.32 Å². The maximum Gasteiger partial charge on any atom is 0.419 e. The summed E-state index contributed by atoms with van der Waals surface area (Å²) in [4.78, 5) is 0. The second kappa shape index (κ2) is 8.37. The molecular weight excluding hydrogens is 469 g/mol. The van der Waals surface area contributed by atoms with Crippen LogP contribution in [0.4, 0.5) is 27.6 Å². The van der Waals surface area contributed by atoms with Crippen LogP contribution in [0.3, 0.4) is 0 Å². The molecule has 2 atom stereocenters. The number of alkyl halides is 3. The summed E-state index contributed by atoms with van der Waals surface area (Å²) in [5.41, 5.74) is -0.878. The average Bonchev–Trinajstić information content (AvgIpc) is 3.36. The molecule has 0 amide bonds. The van der Waals surface area contributed by atoms with Gasteiger partial charge in [0, 0.05) is 37.8 Å². The van der Waals surface area contributed by atoms with E-state index < -0.39 is 45.4 Å². The maximum atomic E-state index is 13.7. The molecule has 176 valence electrons. The highest BCUT2D eigenvalue weighted by atomic mass is 32.2. The lowest BCUT2D eigenvalue weighted by atomic mass is 9.94. The largest absolute Gasteiger partial charge is 0.419 e. The molecule has 1 aliphatic rings. The van der Waals surface area contributed by atoms with Gasteiger partial charge in [0.2, 0.25) is 5.03 Å². The van der Waals surface area contributed by atoms with Gasteiger partial charge in [0.1, 0.15) is 11.6 Å². The van der Waals surface area contributed by atoms with Crippen molar-refractivity contribution in [1.82, 2.24) is 19.3 Å². The molecule has 0 aliphatic carbocycles. The number of anilines is 1. The quantitative estimate of drug-likeness (QED) is 0.559. The van der Waals surface area contributed by atoms with Crippen molar-refractivity contribution in [2.24, 2.45) is 7.05 Å². The van der Waals surface area contributed by atoms with Gasteiger partial charge in [0.05, 0.1) is 11.8 Å². The molecular formula is C20H18F5N5O2S. The number of hydrogen-bond acceptors (Lipinski definition) is 5. The standard InChI is InChI=1S/C20H18F5N5O2S/c1-29-11-19(27-28-29)33(31,32)30-9-15(12-2-4-13(21)5-3-12)18(10-30)26-14-6-7-17(22)16(8-14)20(23,24)25/h2-8,11,15,18,26H,9-10H2,1H3/t15-,18+/m1/s1. The topological polar surface area (TPSA) is 80.1 Å². The predicted octanol–water partition coefficient (Wildman–Crippen LogP) is 3.38. The Morgan fingerprint density at radius 2 is 1.76 bits per heavy atom. The molecule has 1 aliphatic heterocycles. The van der Waals surface area contributed by atoms with Gasteiger partial charge in [0.15, 0.2) is 0 Å². The van der Waals surface area contributed by atoms with Crippen molar-refractivity contribution in [3.63, 3.8) is 0 Å². The van der Waals surface area contributed by atoms with Crippen LogP contribution in [0.1, 0.15) is 17.0 Å². The summed E-state index contributed by atoms with van der Waals surface area (Å²) in [5.74, 6) is -2.43. The van der Waals surface area contributed by atoms with Crippen molar-refractivity contribution < 1.29 is 30.4 Å². The summed E-state index contributed by atoms with van der Waals surface area (Å²) in [6, 6.07) is 7.19. The number of benzene rings is 2. The van der Waals surface area contributed by atoms with Crippen molar-refractivity contribution in [2.45, 2.75) is 23.2 Å². The van der Waals surface area contributed by atoms with Gasteiger partial charge in [-0.1, -0.05) is 17.3 Å². The summed E-state index contributed by atoms with van der Waals surface area (Å²) in [6.45, 7) is -0.144. The zero-order valence-corrected chi connectivity index (χ0v) is 17.9. The molecule has 0 unspecified atom stereocenters. The maximum absolute atomic E-state index is 13.7. The third-order valence-electron chi connectivity index (χ3n) is 5.39. The summed E-state index contributed by atoms with van der Waals surface area (Å²) in [6.07, 6.45) is -3.66. The van der Waals surface area contributed by atoms with E-state index in [1.54, 1.807) is 0 Å². The first-order valence-corrected chi connectivity index (χ1v) is 11.1. The van der Waals surface area contributed by atoms with Gasteiger partial charge in [-0.05, 0) is 35.9 Å². The second-order valence-electron chi connectivity index (χ2n) is 7.65. The van der Waals surface area contributed by atoms with Crippen LogP contribution in [0.5, 0.6) is 0 Å². The summed E-state index contributed by atoms with van der Waals surface area (Å²) < 4.78 is 94.9. The van der Waals surface area contributed by atoms with E-state index in [-0.39, 0.29) is 23.8 Å². The van der Waals surface area contributed by atoms with E-state index in [9.17, 15) is 30.4 Å². The van der Waals surface area contributed by atoms with Crippen LogP contribution in [0, 0.1) is 11.6 Å². The third-order valence-corrected chi connectivity index (χ3v) is 7.09. The highest BCUT2D eigenvalue weighted by Crippen LogP contribution is 2.36. The van der Waals surface area contributed by atoms with E-state index in [0.29, 0.717) is 17.7 Å². The Hall–Kier alpha value is -3.06. The molecule has 7 nitrogen and oxygen atoms in total. The number of nitrogens with zero attached hydrogens (tertiary/aromatic N) is 4. The van der Waals surface area contributed by atoms with Gasteiger partial charge in [-0.15, -0.1) is 5.10 Å². The molecule has 0 saturated carbocycles. The Labute approximate surface area is 185 Å². The van der Waals surface area contributed by atoms with Crippen LogP contribution in [0.2, 0.25) is 0 Å². The van der Waals surface area contributed by atoms with Crippen LogP contribution >= 0.6 is 0 Å². The van der Waals surface area contributed by atoms with Gasteiger partial charge in [-0.2, -0.15) is 17.5 Å². The van der Waals surface area contributed by atoms with Gasteiger partial charge in [-0.3, -0.25) is 4.68 Å². The van der Waals surface area contributed by atoms with Crippen molar-refractivity contribution in [1.29, 1.82) is 0 Å². The van der Waals surface area contributed by atoms with Crippen molar-refractivity contribution in [3.8, 4) is 0 Å². The minimum Gasteiger partial charge on any atom is -0.380 e. The Morgan fingerprint density at radius 3 is 2.36 bits per heavy atom. The Kier molecular flexibility index (Phi) is 5.86. The molecule has 1 fully saturated rings. The molecule has 0 radical (unpaired) electrons. The molecule has 4 rings (SSSR count). The summed E-state index contributed by atoms with van der Waals surface area (Å²) in [5, 5.41) is 9.90. The van der Waals surface area contributed by atoms with Crippen LogP contribution < -0.4 is 5.32 Å². The van der Waals surface area contributed by atoms with Gasteiger partial charge in [-0.25, -0.2) is 17.2 Å². The monoisotopic (exact) mass is 487 g/mol. The first-order valence-electron chi connectivity index (χ1n) is 9.70. The van der Waals surface area contributed by atoms with E-state index in [1.807, 2.05) is 0 Å². The molecule has 13 heteroatoms. The zero-order valence-electron chi connectivity index (χ0n) is 17.1. The number of nitrogens with one attached hydrogen (secondary N) is 1. The summed E-state index contributed by atoms with van der Waals surface area (Å²) >= 11 is 0. The molecule has 2 heterocycles. The van der Waals surface area contributed by atoms with Gasteiger partial charge in [0.25, 0.3) is 10.0 Å². The third kappa shape index (κ3) is 4.69. The summed E-state index contributed by atoms with van der Waals surface area (Å²) in [7, 11) is -2.54. The number of halogens is 5. The van der Waals surface area contributed by atoms with Crippen molar-refractivity contribution in [2.75, 3.05) is 18.4 Å². The molecule has 0 bridgehead atoms. The van der Waals surface area contributed by atoms with E-state index in [4.69, 9.17) is 0 Å². The van der Waals surface area contributed by atoms with E-state index in [0.717, 1.165) is 10.4 Å². The van der Waals surface area contributed by atoms with Crippen LogP contribution in [-0.2, 0) is 23.2 Å². The number of sulfonamides is 1. The minimum atomic E-state index is -4.89. The van der Waals surface area contributed by atoms with Crippen molar-refractivity contribution in [3.05, 3.63) is 71.4 Å². The molecule has 1 saturated heterocycles. The smallest absolute Gasteiger partial charge is 0.380 e. The number of aryl methyl sites for hydroxylation is 1. The molecule has 2 aromatic carbocycles. The highest BCUT2D eigenvalue weighted by molar-refractivity contribution is 7.89. The molecule has 0 spiro atoms. The first kappa shape index (κ1) is 23.1. The Morgan fingerprint density at radius 1 is 1.06 bits per heavy atom. The fourth-order valence-electron chi connectivity index (χ4n) is 3.78. The molecule has 3 aromatic rings. The lowest BCUT2D eigenvalue weighted by Crippen LogP contribution is -2.32. The van der Waals surface area contributed by atoms with E-state index in [2.05, 4.69) is 15.6 Å². The van der Waals surface area contributed by atoms with Crippen LogP contribution in [-0.4, -0.2) is 46.8 Å². The van der Waals surface area contributed by atoms with Crippen LogP contribution in [0.15, 0.2) is 53.7 Å². The lowest BCUT2D eigenvalue weighted by molar-refractivity contribution is -0.139. The number of hydrogen-bond donors (Lipinski definition) is 1. The minimum absolute atomic E-state index is 0.0282. The van der Waals surface area contributed by atoms with Gasteiger partial charge >= 0.3 is 6.18 Å². The predicted molar refractivity (Wildman–Crippen MR) is 108 cm³/mol. The number of aromatic nitrogens is 3. The van der Waals surface area contributed by atoms with E-state index >= 15 is 0 Å². The zero-order chi connectivity index (χ0) is 24.0. The molecule has 1 aromatic heterocycles.